The Kier molecular flexibility index (Phi) is 5.81. The smallest absolute Gasteiger partial charge is 0.335 e. The average Bonchev–Trinajstić information content (AvgIpc) is 3.37. The number of carboxylic acid groups (broad SMARTS) is 1. The Morgan fingerprint density at radius 2 is 2.07 bits per heavy atom. The maximum atomic E-state index is 11.5. The van der Waals surface area contributed by atoms with Crippen molar-refractivity contribution in [1.29, 1.82) is 0 Å². The van der Waals surface area contributed by atoms with Gasteiger partial charge in [-0.2, -0.15) is 0 Å². The predicted molar refractivity (Wildman–Crippen MR) is 120 cm³/mol. The lowest BCUT2D eigenvalue weighted by Gasteiger charge is -2.29. The van der Waals surface area contributed by atoms with E-state index in [4.69, 9.17) is 12.2 Å². The summed E-state index contributed by atoms with van der Waals surface area (Å²) < 4.78 is 2.04. The van der Waals surface area contributed by atoms with Crippen LogP contribution in [0.5, 0.6) is 0 Å². The molecule has 0 saturated carbocycles. The zero-order valence-electron chi connectivity index (χ0n) is 16.7. The van der Waals surface area contributed by atoms with Crippen LogP contribution in [0.4, 0.5) is 0 Å². The van der Waals surface area contributed by atoms with E-state index < -0.39 is 5.97 Å². The lowest BCUT2D eigenvalue weighted by molar-refractivity contribution is 0.0697. The molecule has 0 aliphatic carbocycles. The van der Waals surface area contributed by atoms with Gasteiger partial charge in [0.15, 0.2) is 5.11 Å². The van der Waals surface area contributed by atoms with Crippen molar-refractivity contribution in [2.75, 3.05) is 6.54 Å². The molecule has 1 fully saturated rings. The maximum absolute atomic E-state index is 11.5. The zero-order valence-corrected chi connectivity index (χ0v) is 17.5. The first-order valence-corrected chi connectivity index (χ1v) is 10.5. The Morgan fingerprint density at radius 3 is 2.80 bits per heavy atom. The molecular weight excluding hydrogens is 396 g/mol. The van der Waals surface area contributed by atoms with E-state index in [9.17, 15) is 9.90 Å². The number of carbonyl (C=O) groups is 1. The van der Waals surface area contributed by atoms with Gasteiger partial charge in [0.2, 0.25) is 0 Å². The van der Waals surface area contributed by atoms with Crippen LogP contribution in [-0.2, 0) is 0 Å². The lowest BCUT2D eigenvalue weighted by atomic mass is 10.0. The topological polar surface area (TPSA) is 70.4 Å². The molecule has 1 aliphatic heterocycles. The third kappa shape index (κ3) is 3.80. The number of aromatic nitrogens is 2. The average molecular weight is 421 g/mol. The highest BCUT2D eigenvalue weighted by atomic mass is 32.1. The summed E-state index contributed by atoms with van der Waals surface area (Å²) in [6, 6.07) is 16.8. The van der Waals surface area contributed by atoms with Crippen molar-refractivity contribution in [2.45, 2.75) is 31.8 Å². The summed E-state index contributed by atoms with van der Waals surface area (Å²) in [6.45, 7) is 3.01. The van der Waals surface area contributed by atoms with E-state index in [1.165, 1.54) is 0 Å². The van der Waals surface area contributed by atoms with Crippen LogP contribution in [0.15, 0.2) is 67.0 Å². The molecule has 6 nitrogen and oxygen atoms in total. The minimum atomic E-state index is -0.940. The Labute approximate surface area is 181 Å². The molecule has 4 rings (SSSR count). The third-order valence-corrected chi connectivity index (χ3v) is 5.76. The van der Waals surface area contributed by atoms with Crippen LogP contribution in [0.25, 0.3) is 5.69 Å². The molecule has 7 heteroatoms. The molecule has 0 bridgehead atoms. The number of benzene rings is 1. The monoisotopic (exact) mass is 420 g/mol. The normalized spacial score (nSPS) is 18.4. The first kappa shape index (κ1) is 20.1. The summed E-state index contributed by atoms with van der Waals surface area (Å²) in [6.07, 6.45) is 5.86. The van der Waals surface area contributed by atoms with Crippen molar-refractivity contribution in [1.82, 2.24) is 19.8 Å². The van der Waals surface area contributed by atoms with Crippen molar-refractivity contribution in [3.8, 4) is 5.69 Å². The summed E-state index contributed by atoms with van der Waals surface area (Å²) in [5, 5.41) is 13.6. The van der Waals surface area contributed by atoms with Crippen molar-refractivity contribution >= 4 is 23.3 Å². The van der Waals surface area contributed by atoms with E-state index >= 15 is 0 Å². The van der Waals surface area contributed by atoms with Crippen LogP contribution in [0.2, 0.25) is 0 Å². The van der Waals surface area contributed by atoms with Gasteiger partial charge in [-0.1, -0.05) is 25.5 Å². The Hall–Kier alpha value is -3.19. The number of aromatic carboxylic acids is 1. The van der Waals surface area contributed by atoms with E-state index in [1.807, 2.05) is 41.1 Å². The van der Waals surface area contributed by atoms with Crippen LogP contribution in [0.3, 0.4) is 0 Å². The molecule has 0 unspecified atom stereocenters. The quantitative estimate of drug-likeness (QED) is 0.554. The molecule has 3 heterocycles. The zero-order chi connectivity index (χ0) is 21.1. The second kappa shape index (κ2) is 8.67. The van der Waals surface area contributed by atoms with Gasteiger partial charge in [0.25, 0.3) is 0 Å². The van der Waals surface area contributed by atoms with Gasteiger partial charge in [0.1, 0.15) is 0 Å². The number of nitrogens with zero attached hydrogens (tertiary/aromatic N) is 3. The minimum Gasteiger partial charge on any atom is -0.478 e. The summed E-state index contributed by atoms with van der Waals surface area (Å²) in [5.74, 6) is -0.940. The molecule has 1 saturated heterocycles. The van der Waals surface area contributed by atoms with E-state index in [1.54, 1.807) is 24.4 Å². The Bertz CT molecular complexity index is 1050. The van der Waals surface area contributed by atoms with E-state index in [-0.39, 0.29) is 17.6 Å². The summed E-state index contributed by atoms with van der Waals surface area (Å²) in [7, 11) is 0. The van der Waals surface area contributed by atoms with E-state index in [0.717, 1.165) is 41.6 Å². The number of thiocarbonyl (C=S) groups is 1. The summed E-state index contributed by atoms with van der Waals surface area (Å²) in [5.41, 5.74) is 3.03. The Balaban J connectivity index is 1.79. The number of carboxylic acids is 1. The number of rotatable bonds is 7. The fraction of sp³-hybridized carbons (Fsp3) is 0.261. The second-order valence-corrected chi connectivity index (χ2v) is 7.72. The van der Waals surface area contributed by atoms with E-state index in [2.05, 4.69) is 28.2 Å². The number of hydrogen-bond donors (Lipinski definition) is 2. The van der Waals surface area contributed by atoms with Crippen LogP contribution in [0, 0.1) is 0 Å². The highest BCUT2D eigenvalue weighted by Gasteiger charge is 2.40. The van der Waals surface area contributed by atoms with Crippen molar-refractivity contribution < 1.29 is 9.90 Å². The minimum absolute atomic E-state index is 0.0533. The molecule has 2 atom stereocenters. The fourth-order valence-electron chi connectivity index (χ4n) is 3.96. The Morgan fingerprint density at radius 1 is 1.20 bits per heavy atom. The molecule has 154 valence electrons. The van der Waals surface area contributed by atoms with Gasteiger partial charge in [-0.15, -0.1) is 0 Å². The largest absolute Gasteiger partial charge is 0.478 e. The molecule has 1 aromatic carbocycles. The predicted octanol–water partition coefficient (Wildman–Crippen LogP) is 4.34. The van der Waals surface area contributed by atoms with Crippen molar-refractivity contribution in [3.05, 3.63) is 83.9 Å². The van der Waals surface area contributed by atoms with Crippen LogP contribution in [-0.4, -0.2) is 37.2 Å². The molecule has 0 spiro atoms. The molecule has 30 heavy (non-hydrogen) atoms. The molecular formula is C23H24N4O2S. The highest BCUT2D eigenvalue weighted by molar-refractivity contribution is 7.80. The van der Waals surface area contributed by atoms with Gasteiger partial charge in [-0.05, 0) is 61.1 Å². The molecule has 3 aromatic rings. The molecule has 2 aromatic heterocycles. The molecule has 0 amide bonds. The van der Waals surface area contributed by atoms with Gasteiger partial charge in [-0.3, -0.25) is 4.98 Å². The van der Waals surface area contributed by atoms with Crippen molar-refractivity contribution in [3.63, 3.8) is 0 Å². The van der Waals surface area contributed by atoms with Crippen LogP contribution in [0.1, 0.15) is 53.6 Å². The fourth-order valence-corrected chi connectivity index (χ4v) is 4.29. The van der Waals surface area contributed by atoms with Gasteiger partial charge in [-0.25, -0.2) is 4.79 Å². The number of pyridine rings is 1. The highest BCUT2D eigenvalue weighted by Crippen LogP contribution is 2.39. The summed E-state index contributed by atoms with van der Waals surface area (Å²) >= 11 is 5.70. The number of hydrogen-bond acceptors (Lipinski definition) is 3. The molecule has 1 aliphatic rings. The SMILES string of the molecule is CCCCN1C(=S)N[C@H](c2ccccn2)[C@H]1c1cccn1-c1cccc(C(=O)O)c1. The first-order valence-electron chi connectivity index (χ1n) is 10.1. The van der Waals surface area contributed by atoms with Crippen molar-refractivity contribution in [2.24, 2.45) is 0 Å². The number of unbranched alkanes of at least 4 members (excludes halogenated alkanes) is 1. The first-order chi connectivity index (χ1) is 14.6. The van der Waals surface area contributed by atoms with Gasteiger partial charge >= 0.3 is 5.97 Å². The number of nitrogens with one attached hydrogen (secondary N) is 1. The second-order valence-electron chi connectivity index (χ2n) is 7.33. The van der Waals surface area contributed by atoms with Crippen LogP contribution < -0.4 is 5.32 Å². The third-order valence-electron chi connectivity index (χ3n) is 5.40. The standard InChI is InChI=1S/C23H24N4O2S/c1-2-3-13-27-21(20(25-23(27)30)18-10-4-5-12-24-18)19-11-7-14-26(19)17-9-6-8-16(15-17)22(28)29/h4-12,14-15,20-21H,2-3,13H2,1H3,(H,25,30)(H,28,29)/t20-,21-/m1/s1. The van der Waals surface area contributed by atoms with E-state index in [0.29, 0.717) is 0 Å². The lowest BCUT2D eigenvalue weighted by Crippen LogP contribution is -2.31. The van der Waals surface area contributed by atoms with Gasteiger partial charge in [0, 0.05) is 30.3 Å². The van der Waals surface area contributed by atoms with Crippen LogP contribution >= 0.6 is 12.2 Å². The van der Waals surface area contributed by atoms with Gasteiger partial charge in [0.05, 0.1) is 23.3 Å². The molecule has 2 N–H and O–H groups in total. The molecule has 0 radical (unpaired) electrons. The van der Waals surface area contributed by atoms with Gasteiger partial charge < -0.3 is 19.9 Å². The maximum Gasteiger partial charge on any atom is 0.335 e. The summed E-state index contributed by atoms with van der Waals surface area (Å²) in [4.78, 5) is 18.3.